The molecule has 36 heavy (non-hydrogen) atoms. The zero-order valence-corrected chi connectivity index (χ0v) is 20.7. The molecule has 0 unspecified atom stereocenters. The zero-order chi connectivity index (χ0) is 25.8. The second-order valence-corrected chi connectivity index (χ2v) is 8.40. The summed E-state index contributed by atoms with van der Waals surface area (Å²) in [5, 5.41) is 15.0. The number of aryl methyl sites for hydroxylation is 1. The molecule has 2 aromatic heterocycles. The van der Waals surface area contributed by atoms with Gasteiger partial charge in [0.25, 0.3) is 5.56 Å². The largest absolute Gasteiger partial charge is 0.378 e. The number of hydrogen-bond donors (Lipinski definition) is 4. The molecular weight excluding hydrogens is 458 g/mol. The Hall–Kier alpha value is -4.51. The number of anilines is 4. The molecule has 11 nitrogen and oxygen atoms in total. The van der Waals surface area contributed by atoms with Crippen LogP contribution in [-0.4, -0.2) is 34.5 Å². The third-order valence-corrected chi connectivity index (χ3v) is 5.58. The number of H-pyrrole nitrogens is 1. The molecule has 1 amide bonds. The first kappa shape index (κ1) is 24.6. The normalized spacial score (nSPS) is 11.2. The molecule has 0 fully saturated rings. The quantitative estimate of drug-likeness (QED) is 0.271. The first-order chi connectivity index (χ1) is 17.3. The van der Waals surface area contributed by atoms with Gasteiger partial charge in [-0.05, 0) is 55.0 Å². The van der Waals surface area contributed by atoms with Crippen LogP contribution in [0, 0.1) is 0 Å². The van der Waals surface area contributed by atoms with E-state index in [2.05, 4.69) is 30.8 Å². The number of carbonyl (C=O) groups is 1. The van der Waals surface area contributed by atoms with Gasteiger partial charge in [-0.25, -0.2) is 0 Å². The molecule has 0 aliphatic heterocycles. The van der Waals surface area contributed by atoms with E-state index in [9.17, 15) is 9.59 Å². The number of nitrogens with one attached hydrogen (secondary N) is 3. The van der Waals surface area contributed by atoms with Crippen molar-refractivity contribution in [3.8, 4) is 0 Å². The highest BCUT2D eigenvalue weighted by Crippen LogP contribution is 2.31. The van der Waals surface area contributed by atoms with Gasteiger partial charge in [0.15, 0.2) is 0 Å². The van der Waals surface area contributed by atoms with Crippen LogP contribution in [0.4, 0.5) is 34.4 Å². The van der Waals surface area contributed by atoms with E-state index in [-0.39, 0.29) is 24.0 Å². The molecular formula is C25H29N9O2. The van der Waals surface area contributed by atoms with Crippen LogP contribution in [-0.2, 0) is 17.9 Å². The molecule has 0 spiro atoms. The molecule has 186 valence electrons. The molecule has 0 aliphatic rings. The molecule has 5 N–H and O–H groups in total. The van der Waals surface area contributed by atoms with Crippen molar-refractivity contribution < 1.29 is 4.79 Å². The summed E-state index contributed by atoms with van der Waals surface area (Å²) in [5.74, 6) is -0.0124. The van der Waals surface area contributed by atoms with Gasteiger partial charge in [0.05, 0.1) is 28.1 Å². The molecule has 11 heteroatoms. The van der Waals surface area contributed by atoms with Gasteiger partial charge in [-0.2, -0.15) is 15.2 Å². The standard InChI is InChI=1S/C25H29N9O2/c1-5-34-14-16(13-26)22-23(34)29-25(30-24(22)36)28-21-12-18(8-11-20(21)27-15(2)35)32-31-17-6-9-19(10-7-17)33(3)4/h6-12,14H,5,13,26H2,1-4H3,(H,27,35)(H2,28,29,30,36). The Kier molecular flexibility index (Phi) is 7.11. The van der Waals surface area contributed by atoms with Crippen LogP contribution in [0.3, 0.4) is 0 Å². The Morgan fingerprint density at radius 1 is 1.11 bits per heavy atom. The minimum Gasteiger partial charge on any atom is -0.378 e. The van der Waals surface area contributed by atoms with Crippen molar-refractivity contribution >= 4 is 51.3 Å². The topological polar surface area (TPSA) is 146 Å². The highest BCUT2D eigenvalue weighted by atomic mass is 16.1. The van der Waals surface area contributed by atoms with Gasteiger partial charge in [-0.3, -0.25) is 14.6 Å². The number of aromatic nitrogens is 3. The summed E-state index contributed by atoms with van der Waals surface area (Å²) in [6, 6.07) is 12.9. The lowest BCUT2D eigenvalue weighted by Crippen LogP contribution is -2.14. The minimum absolute atomic E-state index is 0.226. The van der Waals surface area contributed by atoms with Crippen molar-refractivity contribution in [3.63, 3.8) is 0 Å². The lowest BCUT2D eigenvalue weighted by molar-refractivity contribution is -0.114. The number of amides is 1. The summed E-state index contributed by atoms with van der Waals surface area (Å²) in [5.41, 5.74) is 10.1. The highest BCUT2D eigenvalue weighted by molar-refractivity contribution is 5.94. The summed E-state index contributed by atoms with van der Waals surface area (Å²) in [6.45, 7) is 4.25. The Labute approximate surface area is 208 Å². The second-order valence-electron chi connectivity index (χ2n) is 8.40. The van der Waals surface area contributed by atoms with E-state index in [0.29, 0.717) is 40.3 Å². The van der Waals surface area contributed by atoms with Crippen LogP contribution in [0.15, 0.2) is 63.7 Å². The molecule has 0 radical (unpaired) electrons. The smallest absolute Gasteiger partial charge is 0.262 e. The third kappa shape index (κ3) is 5.26. The van der Waals surface area contributed by atoms with E-state index < -0.39 is 0 Å². The minimum atomic E-state index is -0.298. The maximum Gasteiger partial charge on any atom is 0.262 e. The van der Waals surface area contributed by atoms with E-state index in [1.165, 1.54) is 6.92 Å². The van der Waals surface area contributed by atoms with Gasteiger partial charge < -0.3 is 25.8 Å². The van der Waals surface area contributed by atoms with E-state index in [4.69, 9.17) is 5.73 Å². The number of hydrogen-bond acceptors (Lipinski definition) is 8. The summed E-state index contributed by atoms with van der Waals surface area (Å²) in [4.78, 5) is 34.0. The lowest BCUT2D eigenvalue weighted by atomic mass is 10.2. The Morgan fingerprint density at radius 2 is 1.81 bits per heavy atom. The number of rotatable bonds is 8. The van der Waals surface area contributed by atoms with Crippen LogP contribution >= 0.6 is 0 Å². The van der Waals surface area contributed by atoms with E-state index in [1.807, 2.05) is 60.9 Å². The number of azo groups is 1. The molecule has 4 aromatic rings. The third-order valence-electron chi connectivity index (χ3n) is 5.58. The number of carbonyl (C=O) groups excluding carboxylic acids is 1. The fourth-order valence-electron chi connectivity index (χ4n) is 3.78. The summed E-state index contributed by atoms with van der Waals surface area (Å²) < 4.78 is 1.87. The maximum absolute atomic E-state index is 12.8. The molecule has 0 atom stereocenters. The monoisotopic (exact) mass is 487 g/mol. The molecule has 0 saturated heterocycles. The second kappa shape index (κ2) is 10.4. The van der Waals surface area contributed by atoms with E-state index in [0.717, 1.165) is 11.3 Å². The van der Waals surface area contributed by atoms with E-state index >= 15 is 0 Å². The molecule has 4 rings (SSSR count). The maximum atomic E-state index is 12.8. The number of aromatic amines is 1. The average Bonchev–Trinajstić information content (AvgIpc) is 3.22. The fraction of sp³-hybridized carbons (Fsp3) is 0.240. The molecule has 0 saturated carbocycles. The van der Waals surface area contributed by atoms with Crippen LogP contribution in [0.25, 0.3) is 11.0 Å². The van der Waals surface area contributed by atoms with E-state index in [1.54, 1.807) is 18.2 Å². The highest BCUT2D eigenvalue weighted by Gasteiger charge is 2.15. The number of nitrogens with two attached hydrogens (primary N) is 1. The fourth-order valence-corrected chi connectivity index (χ4v) is 3.78. The van der Waals surface area contributed by atoms with Gasteiger partial charge in [-0.1, -0.05) is 0 Å². The van der Waals surface area contributed by atoms with Crippen molar-refractivity contribution in [2.75, 3.05) is 29.6 Å². The predicted molar refractivity (Wildman–Crippen MR) is 143 cm³/mol. The van der Waals surface area contributed by atoms with Gasteiger partial charge in [-0.15, -0.1) is 0 Å². The first-order valence-corrected chi connectivity index (χ1v) is 11.5. The Bertz CT molecular complexity index is 1480. The van der Waals surface area contributed by atoms with Crippen molar-refractivity contribution in [3.05, 3.63) is 64.6 Å². The first-order valence-electron chi connectivity index (χ1n) is 11.5. The van der Waals surface area contributed by atoms with Crippen LogP contribution < -0.4 is 26.8 Å². The predicted octanol–water partition coefficient (Wildman–Crippen LogP) is 4.39. The van der Waals surface area contributed by atoms with Gasteiger partial charge in [0, 0.05) is 46.0 Å². The van der Waals surface area contributed by atoms with Crippen molar-refractivity contribution in [1.29, 1.82) is 0 Å². The number of benzene rings is 2. The van der Waals surface area contributed by atoms with Gasteiger partial charge in [0.1, 0.15) is 5.65 Å². The van der Waals surface area contributed by atoms with Crippen molar-refractivity contribution in [2.24, 2.45) is 16.0 Å². The average molecular weight is 488 g/mol. The van der Waals surface area contributed by atoms with Crippen LogP contribution in [0.2, 0.25) is 0 Å². The SMILES string of the molecule is CCn1cc(CN)c2c(=O)[nH]c(Nc3cc(N=Nc4ccc(N(C)C)cc4)ccc3NC(C)=O)nc21. The lowest BCUT2D eigenvalue weighted by Gasteiger charge is -2.13. The Morgan fingerprint density at radius 3 is 2.44 bits per heavy atom. The van der Waals surface area contributed by atoms with Crippen LogP contribution in [0.5, 0.6) is 0 Å². The van der Waals surface area contributed by atoms with Crippen LogP contribution in [0.1, 0.15) is 19.4 Å². The van der Waals surface area contributed by atoms with Gasteiger partial charge >= 0.3 is 0 Å². The Balaban J connectivity index is 1.69. The van der Waals surface area contributed by atoms with Crippen molar-refractivity contribution in [1.82, 2.24) is 14.5 Å². The molecule has 0 aliphatic carbocycles. The summed E-state index contributed by atoms with van der Waals surface area (Å²) in [7, 11) is 3.94. The molecule has 0 bridgehead atoms. The zero-order valence-electron chi connectivity index (χ0n) is 20.7. The molecule has 2 heterocycles. The number of nitrogens with zero attached hydrogens (tertiary/aromatic N) is 5. The van der Waals surface area contributed by atoms with Gasteiger partial charge in [0.2, 0.25) is 11.9 Å². The summed E-state index contributed by atoms with van der Waals surface area (Å²) >= 11 is 0. The molecule has 2 aromatic carbocycles. The summed E-state index contributed by atoms with van der Waals surface area (Å²) in [6.07, 6.45) is 1.84. The van der Waals surface area contributed by atoms with Crippen molar-refractivity contribution in [2.45, 2.75) is 26.9 Å². The number of fused-ring (bicyclic) bond motifs is 1.